The second kappa shape index (κ2) is 8.24. The van der Waals surface area contributed by atoms with Crippen LogP contribution < -0.4 is 10.6 Å². The first-order valence-corrected chi connectivity index (χ1v) is 9.93. The van der Waals surface area contributed by atoms with Crippen LogP contribution in [0.2, 0.25) is 5.02 Å². The molecule has 5 rings (SSSR count). The molecule has 0 aliphatic rings. The smallest absolute Gasteiger partial charge is 0.306 e. The Bertz CT molecular complexity index is 1480. The predicted molar refractivity (Wildman–Crippen MR) is 118 cm³/mol. The van der Waals surface area contributed by atoms with Gasteiger partial charge >= 0.3 is 6.03 Å². The summed E-state index contributed by atoms with van der Waals surface area (Å²) in [5.41, 5.74) is 2.28. The number of aromatic nitrogens is 8. The molecular weight excluding hydrogens is 451 g/mol. The molecule has 0 radical (unpaired) electrons. The van der Waals surface area contributed by atoms with Crippen LogP contribution in [-0.4, -0.2) is 45.6 Å². The Balaban J connectivity index is 1.46. The number of rotatable bonds is 4. The molecule has 2 N–H and O–H groups in total. The monoisotopic (exact) mass is 464 g/mol. The van der Waals surface area contributed by atoms with E-state index in [-0.39, 0.29) is 16.3 Å². The number of amides is 2. The van der Waals surface area contributed by atoms with Crippen LogP contribution in [0.15, 0.2) is 55.4 Å². The second-order valence-corrected chi connectivity index (χ2v) is 7.27. The number of hydrogen-bond acceptors (Lipinski definition) is 7. The predicted octanol–water partition coefficient (Wildman–Crippen LogP) is 3.51. The first kappa shape index (κ1) is 20.5. The lowest BCUT2D eigenvalue weighted by molar-refractivity contribution is 0.262. The zero-order valence-electron chi connectivity index (χ0n) is 16.9. The van der Waals surface area contributed by atoms with Gasteiger partial charge in [0, 0.05) is 17.8 Å². The van der Waals surface area contributed by atoms with E-state index in [2.05, 4.69) is 40.9 Å². The maximum Gasteiger partial charge on any atom is 0.323 e. The molecule has 33 heavy (non-hydrogen) atoms. The van der Waals surface area contributed by atoms with Crippen LogP contribution in [0.5, 0.6) is 0 Å². The van der Waals surface area contributed by atoms with Gasteiger partial charge in [0.1, 0.15) is 5.69 Å². The lowest BCUT2D eigenvalue weighted by Crippen LogP contribution is -2.21. The van der Waals surface area contributed by atoms with Gasteiger partial charge in [-0.3, -0.25) is 4.98 Å². The summed E-state index contributed by atoms with van der Waals surface area (Å²) in [5, 5.41) is 17.9. The summed E-state index contributed by atoms with van der Waals surface area (Å²) < 4.78 is 16.1. The molecule has 5 aromatic heterocycles. The summed E-state index contributed by atoms with van der Waals surface area (Å²) in [6.45, 7) is 1.79. The summed E-state index contributed by atoms with van der Waals surface area (Å²) in [6.07, 6.45) is 8.37. The number of urea groups is 1. The van der Waals surface area contributed by atoms with Crippen LogP contribution in [0.1, 0.15) is 5.69 Å². The normalized spacial score (nSPS) is 11.0. The van der Waals surface area contributed by atoms with Crippen molar-refractivity contribution in [2.45, 2.75) is 6.92 Å². The maximum absolute atomic E-state index is 14.6. The summed E-state index contributed by atoms with van der Waals surface area (Å²) in [4.78, 5) is 26.3. The number of halogens is 2. The minimum atomic E-state index is -0.612. The Morgan fingerprint density at radius 3 is 2.64 bits per heavy atom. The number of carbonyl (C=O) groups excluding carboxylic acids is 1. The van der Waals surface area contributed by atoms with E-state index in [4.69, 9.17) is 11.6 Å². The topological polar surface area (TPSA) is 128 Å². The lowest BCUT2D eigenvalue weighted by Gasteiger charge is -2.14. The van der Waals surface area contributed by atoms with Crippen LogP contribution in [-0.2, 0) is 0 Å². The molecule has 5 aromatic rings. The molecule has 0 saturated carbocycles. The lowest BCUT2D eigenvalue weighted by atomic mass is 10.1. The molecule has 0 saturated heterocycles. The van der Waals surface area contributed by atoms with Gasteiger partial charge in [0.25, 0.3) is 0 Å². The molecule has 5 heterocycles. The molecule has 11 nitrogen and oxygen atoms in total. The highest BCUT2D eigenvalue weighted by Crippen LogP contribution is 2.30. The third-order valence-electron chi connectivity index (χ3n) is 4.57. The van der Waals surface area contributed by atoms with Gasteiger partial charge in [-0.1, -0.05) is 11.6 Å². The summed E-state index contributed by atoms with van der Waals surface area (Å²) in [6, 6.07) is 4.14. The van der Waals surface area contributed by atoms with Crippen molar-refractivity contribution in [3.8, 4) is 17.1 Å². The first-order chi connectivity index (χ1) is 16.0. The summed E-state index contributed by atoms with van der Waals surface area (Å²) in [7, 11) is 0. The van der Waals surface area contributed by atoms with E-state index < -0.39 is 11.8 Å². The van der Waals surface area contributed by atoms with E-state index in [9.17, 15) is 9.18 Å². The van der Waals surface area contributed by atoms with E-state index in [1.54, 1.807) is 13.0 Å². The molecule has 0 aromatic carbocycles. The standard InChI is InChI=1S/C20H14ClFN10O/c1-11-6-17-24-10-16(18(31(17)30-11)13-2-3-23-9-15(13)22)29-20(33)28-12-7-14(21)19(25-8-12)32-26-4-5-27-32/h2-10H,1H3,(H2,28,29,33). The van der Waals surface area contributed by atoms with Crippen molar-refractivity contribution in [1.29, 1.82) is 0 Å². The third kappa shape index (κ3) is 3.94. The van der Waals surface area contributed by atoms with Gasteiger partial charge in [0.05, 0.1) is 53.1 Å². The molecule has 0 atom stereocenters. The van der Waals surface area contributed by atoms with Crippen LogP contribution in [0.3, 0.4) is 0 Å². The van der Waals surface area contributed by atoms with Gasteiger partial charge in [0.2, 0.25) is 0 Å². The highest BCUT2D eigenvalue weighted by molar-refractivity contribution is 6.32. The Labute approximate surface area is 190 Å². The SMILES string of the molecule is Cc1cc2ncc(NC(=O)Nc3cnc(-n4nccn4)c(Cl)c3)c(-c3ccncc3F)n2n1. The molecule has 0 aliphatic carbocycles. The van der Waals surface area contributed by atoms with Gasteiger partial charge in [-0.05, 0) is 19.1 Å². The fourth-order valence-electron chi connectivity index (χ4n) is 3.22. The quantitative estimate of drug-likeness (QED) is 0.416. The van der Waals surface area contributed by atoms with Crippen molar-refractivity contribution in [2.75, 3.05) is 10.6 Å². The highest BCUT2D eigenvalue weighted by Gasteiger charge is 2.18. The van der Waals surface area contributed by atoms with Gasteiger partial charge in [0.15, 0.2) is 17.3 Å². The molecule has 0 aliphatic heterocycles. The van der Waals surface area contributed by atoms with Crippen LogP contribution in [0, 0.1) is 12.7 Å². The van der Waals surface area contributed by atoms with Crippen molar-refractivity contribution >= 4 is 34.7 Å². The molecule has 13 heteroatoms. The number of anilines is 2. The van der Waals surface area contributed by atoms with Gasteiger partial charge < -0.3 is 10.6 Å². The zero-order chi connectivity index (χ0) is 22.9. The van der Waals surface area contributed by atoms with Gasteiger partial charge in [-0.2, -0.15) is 15.3 Å². The molecule has 0 spiro atoms. The second-order valence-electron chi connectivity index (χ2n) is 6.86. The van der Waals surface area contributed by atoms with E-state index in [0.29, 0.717) is 28.5 Å². The minimum absolute atomic E-state index is 0.205. The third-order valence-corrected chi connectivity index (χ3v) is 4.85. The largest absolute Gasteiger partial charge is 0.323 e. The number of nitrogens with one attached hydrogen (secondary N) is 2. The number of hydrogen-bond donors (Lipinski definition) is 2. The Morgan fingerprint density at radius 2 is 1.88 bits per heavy atom. The first-order valence-electron chi connectivity index (χ1n) is 9.55. The minimum Gasteiger partial charge on any atom is -0.306 e. The van der Waals surface area contributed by atoms with Crippen molar-refractivity contribution in [3.05, 3.63) is 71.9 Å². The molecule has 0 bridgehead atoms. The van der Waals surface area contributed by atoms with E-state index in [1.807, 2.05) is 0 Å². The van der Waals surface area contributed by atoms with E-state index in [0.717, 1.165) is 6.20 Å². The average Bonchev–Trinajstić information content (AvgIpc) is 3.44. The highest BCUT2D eigenvalue weighted by atomic mass is 35.5. The van der Waals surface area contributed by atoms with Crippen molar-refractivity contribution in [3.63, 3.8) is 0 Å². The van der Waals surface area contributed by atoms with Gasteiger partial charge in [-0.15, -0.1) is 4.80 Å². The average molecular weight is 465 g/mol. The summed E-state index contributed by atoms with van der Waals surface area (Å²) in [5.74, 6) is -0.257. The Morgan fingerprint density at radius 1 is 1.06 bits per heavy atom. The number of carbonyl (C=O) groups is 1. The molecule has 2 amide bonds. The van der Waals surface area contributed by atoms with Crippen molar-refractivity contribution < 1.29 is 9.18 Å². The van der Waals surface area contributed by atoms with Gasteiger partial charge in [-0.25, -0.2) is 23.7 Å². The van der Waals surface area contributed by atoms with Crippen molar-refractivity contribution in [2.24, 2.45) is 0 Å². The van der Waals surface area contributed by atoms with Crippen LogP contribution >= 0.6 is 11.6 Å². The molecule has 0 fully saturated rings. The number of pyridine rings is 2. The zero-order valence-corrected chi connectivity index (χ0v) is 17.7. The number of aryl methyl sites for hydroxylation is 1. The summed E-state index contributed by atoms with van der Waals surface area (Å²) >= 11 is 6.25. The fraction of sp³-hybridized carbons (Fsp3) is 0.0500. The Hall–Kier alpha value is -4.45. The Kier molecular flexibility index (Phi) is 5.11. The molecule has 0 unspecified atom stereocenters. The maximum atomic E-state index is 14.6. The molecule has 164 valence electrons. The fourth-order valence-corrected chi connectivity index (χ4v) is 3.46. The van der Waals surface area contributed by atoms with Crippen LogP contribution in [0.4, 0.5) is 20.6 Å². The van der Waals surface area contributed by atoms with Crippen molar-refractivity contribution in [1.82, 2.24) is 39.6 Å². The number of nitrogens with zero attached hydrogens (tertiary/aromatic N) is 8. The molecular formula is C20H14ClFN10O. The van der Waals surface area contributed by atoms with E-state index in [1.165, 1.54) is 52.4 Å². The van der Waals surface area contributed by atoms with E-state index >= 15 is 0 Å². The van der Waals surface area contributed by atoms with Crippen LogP contribution in [0.25, 0.3) is 22.7 Å². The number of fused-ring (bicyclic) bond motifs is 1.